The van der Waals surface area contributed by atoms with Crippen molar-refractivity contribution < 1.29 is 9.59 Å². The summed E-state index contributed by atoms with van der Waals surface area (Å²) in [4.78, 5) is 75.8. The van der Waals surface area contributed by atoms with Gasteiger partial charge in [-0.25, -0.2) is 9.97 Å². The lowest BCUT2D eigenvalue weighted by Gasteiger charge is -2.31. The molecule has 2 amide bonds. The Morgan fingerprint density at radius 3 is 1.54 bits per heavy atom. The number of fused-ring (bicyclic) bond motifs is 2. The van der Waals surface area contributed by atoms with Crippen molar-refractivity contribution >= 4 is 56.4 Å². The van der Waals surface area contributed by atoms with Crippen LogP contribution in [0.2, 0.25) is 0 Å². The second-order valence-corrected chi connectivity index (χ2v) is 17.6. The number of carbonyl (C=O) groups is 2. The first-order chi connectivity index (χ1) is 33.5. The third-order valence-electron chi connectivity index (χ3n) is 13.0. The second kappa shape index (κ2) is 20.2. The van der Waals surface area contributed by atoms with Gasteiger partial charge in [0.15, 0.2) is 0 Å². The van der Waals surface area contributed by atoms with Gasteiger partial charge in [0.25, 0.3) is 11.1 Å². The number of likely N-dealkylation sites (tertiary alicyclic amines) is 2. The molecule has 0 bridgehead atoms. The third kappa shape index (κ3) is 10.4. The molecular weight excluding hydrogens is 867 g/mol. The zero-order chi connectivity index (χ0) is 48.0. The van der Waals surface area contributed by atoms with E-state index in [1.54, 1.807) is 44.7 Å². The molecule has 0 radical (unpaired) electrons. The molecule has 2 saturated heterocycles. The fourth-order valence-corrected chi connectivity index (χ4v) is 9.17. The quantitative estimate of drug-likeness (QED) is 0.113. The molecule has 8 heterocycles. The van der Waals surface area contributed by atoms with Crippen molar-refractivity contribution in [2.45, 2.75) is 58.3 Å². The molecule has 346 valence electrons. The maximum Gasteiger partial charge on any atom is 0.259 e. The number of amides is 2. The summed E-state index contributed by atoms with van der Waals surface area (Å²) in [6, 6.07) is 31.7. The Hall–Kier alpha value is -8.51. The van der Waals surface area contributed by atoms with Gasteiger partial charge in [-0.3, -0.25) is 29.1 Å². The van der Waals surface area contributed by atoms with Crippen LogP contribution in [0.4, 0.5) is 23.0 Å². The van der Waals surface area contributed by atoms with E-state index in [9.17, 15) is 24.4 Å². The highest BCUT2D eigenvalue weighted by Gasteiger charge is 2.24. The largest absolute Gasteiger partial charge is 0.343 e. The predicted molar refractivity (Wildman–Crippen MR) is 269 cm³/mol. The van der Waals surface area contributed by atoms with E-state index >= 15 is 0 Å². The predicted octanol–water partition coefficient (Wildman–Crippen LogP) is 9.09. The smallest absolute Gasteiger partial charge is 0.259 e. The Bertz CT molecular complexity index is 3330. The van der Waals surface area contributed by atoms with E-state index < -0.39 is 0 Å². The van der Waals surface area contributed by atoms with Crippen LogP contribution >= 0.6 is 0 Å². The Morgan fingerprint density at radius 2 is 1.10 bits per heavy atom. The molecule has 10 rings (SSSR count). The van der Waals surface area contributed by atoms with E-state index in [1.165, 1.54) is 17.3 Å². The van der Waals surface area contributed by atoms with Crippen molar-refractivity contribution in [2.24, 2.45) is 0 Å². The highest BCUT2D eigenvalue weighted by Crippen LogP contribution is 2.33. The van der Waals surface area contributed by atoms with Gasteiger partial charge in [-0.15, -0.1) is 0 Å². The number of hydrogen-bond acceptors (Lipinski definition) is 11. The fraction of sp³-hybridized carbons (Fsp3) is 0.241. The SMILES string of the molecule is CC(=O)N1CCC(c2ccc(Nc3nc(-c4ccc(C)nc4)cc4cc[nH]c(=O)c34)cc2)CC1.CC(=O)N1CCC(c2ccc(Nc3nc(-c4cncc(C#N)c4)cc4cc[nH]c(=O)c34)cc2)CC1. The summed E-state index contributed by atoms with van der Waals surface area (Å²) in [6.07, 6.45) is 12.1. The van der Waals surface area contributed by atoms with Crippen molar-refractivity contribution in [2.75, 3.05) is 36.8 Å². The normalized spacial score (nSPS) is 14.2. The Morgan fingerprint density at radius 1 is 0.623 bits per heavy atom. The maximum absolute atomic E-state index is 12.7. The van der Waals surface area contributed by atoms with Crippen molar-refractivity contribution in [3.05, 3.63) is 165 Å². The minimum atomic E-state index is -0.234. The Labute approximate surface area is 398 Å². The molecule has 69 heavy (non-hydrogen) atoms. The number of piperidine rings is 2. The number of hydrogen-bond donors (Lipinski definition) is 4. The molecule has 0 saturated carbocycles. The topological polar surface area (TPSA) is 206 Å². The van der Waals surface area contributed by atoms with E-state index in [0.29, 0.717) is 51.1 Å². The van der Waals surface area contributed by atoms with Gasteiger partial charge in [0.2, 0.25) is 11.8 Å². The van der Waals surface area contributed by atoms with Gasteiger partial charge < -0.3 is 30.4 Å². The van der Waals surface area contributed by atoms with E-state index in [4.69, 9.17) is 9.97 Å². The summed E-state index contributed by atoms with van der Waals surface area (Å²) >= 11 is 0. The fourth-order valence-electron chi connectivity index (χ4n) is 9.17. The molecular formula is C54H51N11O4. The molecule has 2 fully saturated rings. The van der Waals surface area contributed by atoms with Crippen molar-refractivity contribution in [1.29, 1.82) is 5.26 Å². The average molecular weight is 918 g/mol. The number of rotatable bonds is 8. The van der Waals surface area contributed by atoms with Gasteiger partial charge in [-0.05, 0) is 133 Å². The van der Waals surface area contributed by atoms with Crippen LogP contribution in [0, 0.1) is 18.3 Å². The number of H-pyrrole nitrogens is 2. The van der Waals surface area contributed by atoms with Crippen molar-refractivity contribution in [3.8, 4) is 28.6 Å². The summed E-state index contributed by atoms with van der Waals surface area (Å²) in [5, 5.41) is 18.4. The number of carbonyl (C=O) groups excluding carboxylic acids is 2. The number of nitriles is 1. The first-order valence-electron chi connectivity index (χ1n) is 23.1. The van der Waals surface area contributed by atoms with Crippen LogP contribution in [0.1, 0.15) is 73.8 Å². The van der Waals surface area contributed by atoms with Gasteiger partial charge in [-0.1, -0.05) is 24.3 Å². The van der Waals surface area contributed by atoms with Gasteiger partial charge in [0.1, 0.15) is 17.7 Å². The average Bonchev–Trinajstić information content (AvgIpc) is 3.37. The monoisotopic (exact) mass is 917 g/mol. The molecule has 15 heteroatoms. The zero-order valence-corrected chi connectivity index (χ0v) is 38.6. The molecule has 0 spiro atoms. The van der Waals surface area contributed by atoms with Gasteiger partial charge in [0, 0.05) is 99.2 Å². The summed E-state index contributed by atoms with van der Waals surface area (Å²) in [7, 11) is 0. The Kier molecular flexibility index (Phi) is 13.3. The molecule has 0 aliphatic carbocycles. The number of nitrogens with zero attached hydrogens (tertiary/aromatic N) is 7. The third-order valence-corrected chi connectivity index (χ3v) is 13.0. The summed E-state index contributed by atoms with van der Waals surface area (Å²) in [6.45, 7) is 8.38. The zero-order valence-electron chi connectivity index (χ0n) is 38.6. The first kappa shape index (κ1) is 45.6. The molecule has 2 aliphatic rings. The van der Waals surface area contributed by atoms with Crippen molar-refractivity contribution in [3.63, 3.8) is 0 Å². The van der Waals surface area contributed by atoms with Gasteiger partial charge in [-0.2, -0.15) is 5.26 Å². The number of aryl methyl sites for hydroxylation is 1. The van der Waals surface area contributed by atoms with E-state index in [-0.39, 0.29) is 22.9 Å². The molecule has 0 atom stereocenters. The van der Waals surface area contributed by atoms with Crippen LogP contribution in [0.15, 0.2) is 132 Å². The van der Waals surface area contributed by atoms with E-state index in [1.807, 2.05) is 77.4 Å². The highest BCUT2D eigenvalue weighted by molar-refractivity contribution is 5.96. The van der Waals surface area contributed by atoms with Crippen molar-refractivity contribution in [1.82, 2.24) is 39.7 Å². The molecule has 2 aromatic carbocycles. The maximum atomic E-state index is 12.7. The van der Waals surface area contributed by atoms with Gasteiger partial charge in [0.05, 0.1) is 27.7 Å². The summed E-state index contributed by atoms with van der Waals surface area (Å²) in [5.74, 6) is 2.10. The molecule has 2 aliphatic heterocycles. The number of nitrogens with one attached hydrogen (secondary N) is 4. The van der Waals surface area contributed by atoms with Crippen LogP contribution in [-0.4, -0.2) is 77.7 Å². The lowest BCUT2D eigenvalue weighted by molar-refractivity contribution is -0.130. The number of aromatic nitrogens is 6. The lowest BCUT2D eigenvalue weighted by Crippen LogP contribution is -2.36. The summed E-state index contributed by atoms with van der Waals surface area (Å²) in [5.41, 5.74) is 8.09. The number of aromatic amines is 2. The molecule has 0 unspecified atom stereocenters. The summed E-state index contributed by atoms with van der Waals surface area (Å²) < 4.78 is 0. The van der Waals surface area contributed by atoms with E-state index in [2.05, 4.69) is 60.9 Å². The standard InChI is InChI=1S/C27H24N6O2.C27H27N5O2/c1-17(34)33-10-7-20(8-11-33)19-2-4-23(5-3-19)31-26-25-21(6-9-30-27(25)35)13-24(32-26)22-12-18(14-28)15-29-16-22;1-17-3-4-22(16-29-17)24-15-21-9-12-28-27(34)25(21)26(31-24)30-23-7-5-19(6-8-23)20-10-13-32(14-11-20)18(2)33/h2-6,9,12-13,15-16,20H,7-8,10-11H2,1H3,(H,30,35)(H,31,32);3-9,12,15-16,20H,10-11,13-14H2,1-2H3,(H,28,34)(H,30,31). The molecule has 4 N–H and O–H groups in total. The lowest BCUT2D eigenvalue weighted by atomic mass is 9.89. The van der Waals surface area contributed by atoms with E-state index in [0.717, 1.165) is 91.0 Å². The molecule has 6 aromatic heterocycles. The van der Waals surface area contributed by atoms with Crippen LogP contribution in [0.5, 0.6) is 0 Å². The first-order valence-corrected chi connectivity index (χ1v) is 23.1. The second-order valence-electron chi connectivity index (χ2n) is 17.6. The number of anilines is 4. The van der Waals surface area contributed by atoms with Crippen LogP contribution in [0.25, 0.3) is 44.1 Å². The number of pyridine rings is 6. The van der Waals surface area contributed by atoms with Crippen LogP contribution in [-0.2, 0) is 9.59 Å². The number of benzene rings is 2. The van der Waals surface area contributed by atoms with Gasteiger partial charge >= 0.3 is 0 Å². The minimum Gasteiger partial charge on any atom is -0.343 e. The molecule has 15 nitrogen and oxygen atoms in total. The van der Waals surface area contributed by atoms with Crippen LogP contribution in [0.3, 0.4) is 0 Å². The molecule has 8 aromatic rings. The minimum absolute atomic E-state index is 0.134. The Balaban J connectivity index is 0.000000172. The van der Waals surface area contributed by atoms with Crippen LogP contribution < -0.4 is 21.8 Å². The highest BCUT2D eigenvalue weighted by atomic mass is 16.2.